The molecule has 3 heterocycles. The normalized spacial score (nSPS) is 23.1. The van der Waals surface area contributed by atoms with Crippen molar-refractivity contribution in [3.63, 3.8) is 0 Å². The number of aromatic nitrogens is 2. The summed E-state index contributed by atoms with van der Waals surface area (Å²) in [5.74, 6) is 1.32. The number of fused-ring (bicyclic) bond motifs is 1. The van der Waals surface area contributed by atoms with Crippen molar-refractivity contribution in [1.29, 1.82) is 0 Å². The van der Waals surface area contributed by atoms with Gasteiger partial charge in [0.1, 0.15) is 6.61 Å². The van der Waals surface area contributed by atoms with E-state index in [9.17, 15) is 4.79 Å². The first-order chi connectivity index (χ1) is 11.2. The van der Waals surface area contributed by atoms with Crippen molar-refractivity contribution < 1.29 is 14.3 Å². The van der Waals surface area contributed by atoms with Gasteiger partial charge < -0.3 is 14.4 Å². The third-order valence-corrected chi connectivity index (χ3v) is 4.43. The number of carbonyl (C=O) groups is 1. The SMILES string of the molecule is Cn1cc(C2CCCN2C(=O)C2COc3ccccc3O2)cn1. The summed E-state index contributed by atoms with van der Waals surface area (Å²) in [6, 6.07) is 7.53. The van der Waals surface area contributed by atoms with Crippen LogP contribution in [0.3, 0.4) is 0 Å². The number of benzene rings is 1. The number of carbonyl (C=O) groups excluding carboxylic acids is 1. The Morgan fingerprint density at radius 3 is 2.91 bits per heavy atom. The summed E-state index contributed by atoms with van der Waals surface area (Å²) in [5.41, 5.74) is 1.08. The zero-order valence-electron chi connectivity index (χ0n) is 13.0. The molecule has 6 nitrogen and oxygen atoms in total. The molecule has 1 fully saturated rings. The Labute approximate surface area is 134 Å². The Balaban J connectivity index is 1.52. The summed E-state index contributed by atoms with van der Waals surface area (Å²) in [6.07, 6.45) is 5.19. The van der Waals surface area contributed by atoms with Crippen LogP contribution in [-0.2, 0) is 11.8 Å². The molecule has 1 aromatic carbocycles. The van der Waals surface area contributed by atoms with Crippen LogP contribution in [0.5, 0.6) is 11.5 Å². The molecule has 1 saturated heterocycles. The van der Waals surface area contributed by atoms with E-state index in [-0.39, 0.29) is 18.6 Å². The van der Waals surface area contributed by atoms with Crippen LogP contribution in [-0.4, -0.2) is 39.8 Å². The van der Waals surface area contributed by atoms with Gasteiger partial charge in [-0.15, -0.1) is 0 Å². The number of amides is 1. The topological polar surface area (TPSA) is 56.6 Å². The van der Waals surface area contributed by atoms with Crippen LogP contribution in [0.25, 0.3) is 0 Å². The van der Waals surface area contributed by atoms with E-state index in [1.807, 2.05) is 48.6 Å². The quantitative estimate of drug-likeness (QED) is 0.850. The number of hydrogen-bond acceptors (Lipinski definition) is 4. The molecular weight excluding hydrogens is 294 g/mol. The molecule has 0 spiro atoms. The summed E-state index contributed by atoms with van der Waals surface area (Å²) in [6.45, 7) is 1.01. The lowest BCUT2D eigenvalue weighted by atomic mass is 10.1. The summed E-state index contributed by atoms with van der Waals surface area (Å²) in [5, 5.41) is 4.22. The van der Waals surface area contributed by atoms with E-state index in [2.05, 4.69) is 5.10 Å². The fourth-order valence-corrected chi connectivity index (χ4v) is 3.32. The van der Waals surface area contributed by atoms with Crippen LogP contribution in [0.4, 0.5) is 0 Å². The van der Waals surface area contributed by atoms with Gasteiger partial charge in [-0.3, -0.25) is 9.48 Å². The molecule has 23 heavy (non-hydrogen) atoms. The van der Waals surface area contributed by atoms with E-state index < -0.39 is 6.10 Å². The smallest absolute Gasteiger partial charge is 0.267 e. The monoisotopic (exact) mass is 313 g/mol. The largest absolute Gasteiger partial charge is 0.485 e. The van der Waals surface area contributed by atoms with Crippen LogP contribution in [0, 0.1) is 0 Å². The van der Waals surface area contributed by atoms with Gasteiger partial charge in [0, 0.05) is 25.4 Å². The van der Waals surface area contributed by atoms with Crippen molar-refractivity contribution in [2.75, 3.05) is 13.2 Å². The Bertz CT molecular complexity index is 727. The minimum atomic E-state index is -0.581. The van der Waals surface area contributed by atoms with E-state index in [1.165, 1.54) is 0 Å². The highest BCUT2D eigenvalue weighted by molar-refractivity contribution is 5.82. The average molecular weight is 313 g/mol. The fraction of sp³-hybridized carbons (Fsp3) is 0.412. The highest BCUT2D eigenvalue weighted by Gasteiger charge is 2.37. The van der Waals surface area contributed by atoms with Crippen LogP contribution in [0.1, 0.15) is 24.4 Å². The first-order valence-electron chi connectivity index (χ1n) is 7.90. The molecule has 2 aliphatic heterocycles. The van der Waals surface area contributed by atoms with E-state index in [4.69, 9.17) is 9.47 Å². The average Bonchev–Trinajstić information content (AvgIpc) is 3.22. The fourth-order valence-electron chi connectivity index (χ4n) is 3.32. The first-order valence-corrected chi connectivity index (χ1v) is 7.90. The summed E-state index contributed by atoms with van der Waals surface area (Å²) < 4.78 is 13.3. The minimum Gasteiger partial charge on any atom is -0.485 e. The Hall–Kier alpha value is -2.50. The van der Waals surface area contributed by atoms with Gasteiger partial charge in [-0.25, -0.2) is 0 Å². The summed E-state index contributed by atoms with van der Waals surface area (Å²) in [7, 11) is 1.89. The maximum Gasteiger partial charge on any atom is 0.267 e. The predicted octanol–water partition coefficient (Wildman–Crippen LogP) is 1.92. The molecular formula is C17H19N3O3. The Morgan fingerprint density at radius 1 is 1.30 bits per heavy atom. The van der Waals surface area contributed by atoms with Crippen LogP contribution in [0.2, 0.25) is 0 Å². The number of nitrogens with zero attached hydrogens (tertiary/aromatic N) is 3. The molecule has 0 N–H and O–H groups in total. The lowest BCUT2D eigenvalue weighted by molar-refractivity contribution is -0.142. The number of para-hydroxylation sites is 2. The lowest BCUT2D eigenvalue weighted by Crippen LogP contribution is -2.46. The molecule has 1 aromatic heterocycles. The molecule has 120 valence electrons. The van der Waals surface area contributed by atoms with Gasteiger partial charge in [-0.05, 0) is 25.0 Å². The zero-order valence-corrected chi connectivity index (χ0v) is 13.0. The van der Waals surface area contributed by atoms with Crippen molar-refractivity contribution >= 4 is 5.91 Å². The number of hydrogen-bond donors (Lipinski definition) is 0. The molecule has 0 saturated carbocycles. The van der Waals surface area contributed by atoms with Crippen molar-refractivity contribution in [2.45, 2.75) is 25.0 Å². The van der Waals surface area contributed by atoms with Crippen molar-refractivity contribution in [1.82, 2.24) is 14.7 Å². The van der Waals surface area contributed by atoms with Gasteiger partial charge in [0.2, 0.25) is 6.10 Å². The highest BCUT2D eigenvalue weighted by atomic mass is 16.6. The second kappa shape index (κ2) is 5.61. The minimum absolute atomic E-state index is 0.00847. The molecule has 2 aliphatic rings. The van der Waals surface area contributed by atoms with Gasteiger partial charge in [-0.2, -0.15) is 5.10 Å². The Kier molecular flexibility index (Phi) is 3.44. The molecule has 2 aromatic rings. The molecule has 6 heteroatoms. The van der Waals surface area contributed by atoms with Gasteiger partial charge in [0.05, 0.1) is 12.2 Å². The highest BCUT2D eigenvalue weighted by Crippen LogP contribution is 2.35. The molecule has 0 aliphatic carbocycles. The van der Waals surface area contributed by atoms with Crippen LogP contribution < -0.4 is 9.47 Å². The molecule has 2 unspecified atom stereocenters. The van der Waals surface area contributed by atoms with Crippen molar-refractivity contribution in [2.24, 2.45) is 7.05 Å². The molecule has 4 rings (SSSR count). The van der Waals surface area contributed by atoms with E-state index in [1.54, 1.807) is 4.68 Å². The number of rotatable bonds is 2. The number of aryl methyl sites for hydroxylation is 1. The van der Waals surface area contributed by atoms with Gasteiger partial charge >= 0.3 is 0 Å². The van der Waals surface area contributed by atoms with E-state index in [0.29, 0.717) is 11.5 Å². The third kappa shape index (κ3) is 2.54. The standard InChI is InChI=1S/C17H19N3O3/c1-19-10-12(9-18-19)13-5-4-8-20(13)17(21)16-11-22-14-6-2-3-7-15(14)23-16/h2-3,6-7,9-10,13,16H,4-5,8,11H2,1H3. The van der Waals surface area contributed by atoms with Gasteiger partial charge in [0.25, 0.3) is 5.91 Å². The molecule has 0 bridgehead atoms. The lowest BCUT2D eigenvalue weighted by Gasteiger charge is -2.31. The van der Waals surface area contributed by atoms with E-state index in [0.717, 1.165) is 24.9 Å². The number of likely N-dealkylation sites (tertiary alicyclic amines) is 1. The van der Waals surface area contributed by atoms with Crippen molar-refractivity contribution in [3.8, 4) is 11.5 Å². The van der Waals surface area contributed by atoms with Crippen molar-refractivity contribution in [3.05, 3.63) is 42.2 Å². The second-order valence-electron chi connectivity index (χ2n) is 6.00. The third-order valence-electron chi connectivity index (χ3n) is 4.43. The second-order valence-corrected chi connectivity index (χ2v) is 6.00. The maximum atomic E-state index is 12.9. The molecule has 1 amide bonds. The zero-order chi connectivity index (χ0) is 15.8. The molecule has 2 atom stereocenters. The predicted molar refractivity (Wildman–Crippen MR) is 83.2 cm³/mol. The Morgan fingerprint density at radius 2 is 2.13 bits per heavy atom. The van der Waals surface area contributed by atoms with E-state index >= 15 is 0 Å². The maximum absolute atomic E-state index is 12.9. The molecule has 0 radical (unpaired) electrons. The van der Waals surface area contributed by atoms with Crippen LogP contribution >= 0.6 is 0 Å². The number of ether oxygens (including phenoxy) is 2. The van der Waals surface area contributed by atoms with Gasteiger partial charge in [-0.1, -0.05) is 12.1 Å². The first kappa shape index (κ1) is 14.1. The summed E-state index contributed by atoms with van der Waals surface area (Å²) in [4.78, 5) is 14.8. The summed E-state index contributed by atoms with van der Waals surface area (Å²) >= 11 is 0. The van der Waals surface area contributed by atoms with Crippen LogP contribution in [0.15, 0.2) is 36.7 Å². The van der Waals surface area contributed by atoms with Gasteiger partial charge in [0.15, 0.2) is 11.5 Å².